The van der Waals surface area contributed by atoms with Crippen molar-refractivity contribution in [2.75, 3.05) is 11.9 Å². The summed E-state index contributed by atoms with van der Waals surface area (Å²) < 4.78 is 39.3. The molecular weight excluding hydrogens is 327 g/mol. The summed E-state index contributed by atoms with van der Waals surface area (Å²) in [7, 11) is 1.65. The van der Waals surface area contributed by atoms with Crippen LogP contribution in [0.15, 0.2) is 24.5 Å². The molecule has 10 heteroatoms. The second kappa shape index (κ2) is 6.87. The van der Waals surface area contributed by atoms with E-state index in [-0.39, 0.29) is 17.8 Å². The van der Waals surface area contributed by atoms with Gasteiger partial charge in [-0.05, 0) is 24.6 Å². The Morgan fingerprint density at radius 3 is 2.71 bits per heavy atom. The molecule has 0 fully saturated rings. The van der Waals surface area contributed by atoms with E-state index in [1.165, 1.54) is 23.9 Å². The summed E-state index contributed by atoms with van der Waals surface area (Å²) in [5.41, 5.74) is -0.467. The van der Waals surface area contributed by atoms with Crippen LogP contribution in [-0.4, -0.2) is 32.4 Å². The van der Waals surface area contributed by atoms with Gasteiger partial charge in [-0.1, -0.05) is 0 Å². The van der Waals surface area contributed by atoms with E-state index in [1.807, 2.05) is 0 Å². The number of rotatable bonds is 4. The Bertz CT molecular complexity index is 729. The third kappa shape index (κ3) is 4.22. The van der Waals surface area contributed by atoms with Crippen LogP contribution < -0.4 is 10.6 Å². The zero-order valence-electron chi connectivity index (χ0n) is 12.9. The molecule has 2 heterocycles. The lowest BCUT2D eigenvalue weighted by atomic mass is 10.2. The summed E-state index contributed by atoms with van der Waals surface area (Å²) in [6.45, 7) is 1.17. The van der Waals surface area contributed by atoms with Crippen LogP contribution in [0.25, 0.3) is 0 Å². The molecule has 1 unspecified atom stereocenters. The maximum atomic E-state index is 12.6. The predicted octanol–water partition coefficient (Wildman–Crippen LogP) is 2.00. The predicted molar refractivity (Wildman–Crippen MR) is 79.2 cm³/mol. The number of urea groups is 1. The molecule has 3 N–H and O–H groups in total. The molecule has 0 aliphatic rings. The molecule has 0 saturated carbocycles. The smallest absolute Gasteiger partial charge is 0.385 e. The molecule has 2 amide bonds. The molecule has 0 spiro atoms. The quantitative estimate of drug-likeness (QED) is 0.792. The maximum Gasteiger partial charge on any atom is 0.433 e. The highest BCUT2D eigenvalue weighted by atomic mass is 19.4. The van der Waals surface area contributed by atoms with Gasteiger partial charge in [0.2, 0.25) is 0 Å². The van der Waals surface area contributed by atoms with Crippen molar-refractivity contribution in [2.24, 2.45) is 7.05 Å². The summed E-state index contributed by atoms with van der Waals surface area (Å²) in [6.07, 6.45) is -3.07. The lowest BCUT2D eigenvalue weighted by Gasteiger charge is -2.14. The highest BCUT2D eigenvalue weighted by Gasteiger charge is 2.34. The molecule has 0 aliphatic heterocycles. The SMILES string of the molecule is Cc1cc(NC(=O)NCC(O)c2ccnn2C)cnc1C(F)(F)F. The Labute approximate surface area is 135 Å². The van der Waals surface area contributed by atoms with Crippen molar-refractivity contribution in [1.82, 2.24) is 20.1 Å². The Morgan fingerprint density at radius 2 is 2.17 bits per heavy atom. The zero-order valence-corrected chi connectivity index (χ0v) is 12.9. The third-order valence-electron chi connectivity index (χ3n) is 3.26. The minimum Gasteiger partial charge on any atom is -0.385 e. The molecule has 0 radical (unpaired) electrons. The first-order valence-corrected chi connectivity index (χ1v) is 6.93. The van der Waals surface area contributed by atoms with Crippen LogP contribution in [0.1, 0.15) is 23.1 Å². The number of alkyl halides is 3. The van der Waals surface area contributed by atoms with Gasteiger partial charge >= 0.3 is 12.2 Å². The van der Waals surface area contributed by atoms with Crippen molar-refractivity contribution >= 4 is 11.7 Å². The number of anilines is 1. The van der Waals surface area contributed by atoms with Crippen LogP contribution in [0.5, 0.6) is 0 Å². The summed E-state index contributed by atoms with van der Waals surface area (Å²) in [6, 6.07) is 2.11. The molecule has 24 heavy (non-hydrogen) atoms. The van der Waals surface area contributed by atoms with Crippen molar-refractivity contribution in [3.05, 3.63) is 41.5 Å². The molecule has 0 bridgehead atoms. The second-order valence-corrected chi connectivity index (χ2v) is 5.12. The van der Waals surface area contributed by atoms with Crippen molar-refractivity contribution in [3.8, 4) is 0 Å². The van der Waals surface area contributed by atoms with Crippen LogP contribution in [0.2, 0.25) is 0 Å². The van der Waals surface area contributed by atoms with E-state index in [0.29, 0.717) is 5.69 Å². The number of pyridine rings is 1. The topological polar surface area (TPSA) is 92.1 Å². The molecule has 130 valence electrons. The largest absolute Gasteiger partial charge is 0.433 e. The van der Waals surface area contributed by atoms with Crippen LogP contribution in [0.3, 0.4) is 0 Å². The van der Waals surface area contributed by atoms with E-state index < -0.39 is 24.0 Å². The van der Waals surface area contributed by atoms with Gasteiger partial charge in [-0.2, -0.15) is 18.3 Å². The average Bonchev–Trinajstić information content (AvgIpc) is 2.89. The Balaban J connectivity index is 1.93. The molecule has 2 aromatic rings. The van der Waals surface area contributed by atoms with E-state index in [1.54, 1.807) is 13.1 Å². The summed E-state index contributed by atoms with van der Waals surface area (Å²) in [5.74, 6) is 0. The standard InChI is InChI=1S/C14H16F3N5O2/c1-8-5-9(6-18-12(8)14(15,16)17)21-13(24)19-7-11(23)10-3-4-20-22(10)2/h3-6,11,23H,7H2,1-2H3,(H2,19,21,24). The van der Waals surface area contributed by atoms with E-state index in [2.05, 4.69) is 20.7 Å². The van der Waals surface area contributed by atoms with Gasteiger partial charge in [0.05, 0.1) is 24.1 Å². The Morgan fingerprint density at radius 1 is 1.46 bits per heavy atom. The number of carbonyl (C=O) groups is 1. The Kier molecular flexibility index (Phi) is 5.07. The number of amides is 2. The number of aromatic nitrogens is 3. The first-order valence-electron chi connectivity index (χ1n) is 6.93. The monoisotopic (exact) mass is 343 g/mol. The molecule has 7 nitrogen and oxygen atoms in total. The van der Waals surface area contributed by atoms with Gasteiger partial charge in [-0.25, -0.2) is 9.78 Å². The average molecular weight is 343 g/mol. The van der Waals surface area contributed by atoms with Crippen LogP contribution in [-0.2, 0) is 13.2 Å². The number of nitrogens with one attached hydrogen (secondary N) is 2. The fourth-order valence-corrected chi connectivity index (χ4v) is 2.12. The summed E-state index contributed by atoms with van der Waals surface area (Å²) in [4.78, 5) is 15.1. The number of halogens is 3. The molecular formula is C14H16F3N5O2. The van der Waals surface area contributed by atoms with E-state index in [9.17, 15) is 23.1 Å². The first kappa shape index (κ1) is 17.7. The van der Waals surface area contributed by atoms with Gasteiger partial charge in [0.1, 0.15) is 11.8 Å². The van der Waals surface area contributed by atoms with Crippen molar-refractivity contribution in [2.45, 2.75) is 19.2 Å². The zero-order chi connectivity index (χ0) is 17.9. The fourth-order valence-electron chi connectivity index (χ4n) is 2.12. The van der Waals surface area contributed by atoms with E-state index >= 15 is 0 Å². The number of hydrogen-bond donors (Lipinski definition) is 3. The van der Waals surface area contributed by atoms with Crippen molar-refractivity contribution in [3.63, 3.8) is 0 Å². The molecule has 1 atom stereocenters. The number of hydrogen-bond acceptors (Lipinski definition) is 4. The van der Waals surface area contributed by atoms with Crippen LogP contribution in [0.4, 0.5) is 23.7 Å². The first-order chi connectivity index (χ1) is 11.2. The van der Waals surface area contributed by atoms with Crippen LogP contribution in [0, 0.1) is 6.92 Å². The summed E-state index contributed by atoms with van der Waals surface area (Å²) >= 11 is 0. The normalized spacial score (nSPS) is 12.8. The number of aliphatic hydroxyl groups is 1. The lowest BCUT2D eigenvalue weighted by molar-refractivity contribution is -0.141. The van der Waals surface area contributed by atoms with Gasteiger partial charge in [0, 0.05) is 13.2 Å². The van der Waals surface area contributed by atoms with Crippen molar-refractivity contribution in [1.29, 1.82) is 0 Å². The summed E-state index contributed by atoms with van der Waals surface area (Å²) in [5, 5.41) is 18.6. The number of aryl methyl sites for hydroxylation is 2. The van der Waals surface area contributed by atoms with Crippen LogP contribution >= 0.6 is 0 Å². The highest BCUT2D eigenvalue weighted by molar-refractivity contribution is 5.89. The molecule has 0 saturated heterocycles. The van der Waals surface area contributed by atoms with Gasteiger partial charge in [0.15, 0.2) is 0 Å². The van der Waals surface area contributed by atoms with Gasteiger partial charge in [-0.3, -0.25) is 4.68 Å². The lowest BCUT2D eigenvalue weighted by Crippen LogP contribution is -2.33. The molecule has 2 rings (SSSR count). The fraction of sp³-hybridized carbons (Fsp3) is 0.357. The molecule has 0 aliphatic carbocycles. The van der Waals surface area contributed by atoms with Gasteiger partial charge in [0.25, 0.3) is 0 Å². The van der Waals surface area contributed by atoms with E-state index in [0.717, 1.165) is 6.20 Å². The third-order valence-corrected chi connectivity index (χ3v) is 3.26. The van der Waals surface area contributed by atoms with Crippen molar-refractivity contribution < 1.29 is 23.1 Å². The number of aliphatic hydroxyl groups excluding tert-OH is 1. The second-order valence-electron chi connectivity index (χ2n) is 5.12. The minimum absolute atomic E-state index is 0.0849. The Hall–Kier alpha value is -2.62. The van der Waals surface area contributed by atoms with Gasteiger partial charge < -0.3 is 15.7 Å². The van der Waals surface area contributed by atoms with Gasteiger partial charge in [-0.15, -0.1) is 0 Å². The maximum absolute atomic E-state index is 12.6. The van der Waals surface area contributed by atoms with E-state index in [4.69, 9.17) is 0 Å². The molecule has 2 aromatic heterocycles. The molecule has 0 aromatic carbocycles. The highest BCUT2D eigenvalue weighted by Crippen LogP contribution is 2.30. The number of carbonyl (C=O) groups excluding carboxylic acids is 1. The number of nitrogens with zero attached hydrogens (tertiary/aromatic N) is 3. The minimum atomic E-state index is -4.54.